The Kier molecular flexibility index (Phi) is 6.43. The summed E-state index contributed by atoms with van der Waals surface area (Å²) < 4.78 is 40.6. The quantitative estimate of drug-likeness (QED) is 0.256. The second kappa shape index (κ2) is 8.79. The highest BCUT2D eigenvalue weighted by Gasteiger charge is 2.14. The predicted octanol–water partition coefficient (Wildman–Crippen LogP) is 6.25. The van der Waals surface area contributed by atoms with Gasteiger partial charge in [-0.3, -0.25) is 4.79 Å². The topological polar surface area (TPSA) is 29.1 Å². The highest BCUT2D eigenvalue weighted by Crippen LogP contribution is 2.29. The van der Waals surface area contributed by atoms with Gasteiger partial charge in [-0.05, 0) is 46.4 Å². The van der Waals surface area contributed by atoms with Crippen LogP contribution < -0.4 is 5.32 Å². The highest BCUT2D eigenvalue weighted by molar-refractivity contribution is 14.1. The molecule has 138 valence electrons. The zero-order valence-electron chi connectivity index (χ0n) is 13.8. The summed E-state index contributed by atoms with van der Waals surface area (Å²) in [6.45, 7) is 0. The molecule has 0 spiro atoms. The van der Waals surface area contributed by atoms with Crippen LogP contribution in [0.15, 0.2) is 65.6 Å². The number of carbonyl (C=O) groups excluding carboxylic acids is 1. The smallest absolute Gasteiger partial charge is 0.255 e. The van der Waals surface area contributed by atoms with Crippen molar-refractivity contribution in [1.29, 1.82) is 0 Å². The van der Waals surface area contributed by atoms with E-state index in [1.165, 1.54) is 0 Å². The lowest BCUT2D eigenvalue weighted by Gasteiger charge is -2.09. The normalized spacial score (nSPS) is 10.7. The predicted molar refractivity (Wildman–Crippen MR) is 109 cm³/mol. The third kappa shape index (κ3) is 5.04. The first-order valence-corrected chi connectivity index (χ1v) is 9.92. The Balaban J connectivity index is 1.75. The van der Waals surface area contributed by atoms with Gasteiger partial charge in [-0.2, -0.15) is 0 Å². The van der Waals surface area contributed by atoms with Crippen molar-refractivity contribution in [2.24, 2.45) is 0 Å². The van der Waals surface area contributed by atoms with Gasteiger partial charge in [0.15, 0.2) is 17.5 Å². The van der Waals surface area contributed by atoms with Crippen molar-refractivity contribution < 1.29 is 18.0 Å². The molecular formula is C20H13F3INOS. The van der Waals surface area contributed by atoms with E-state index in [1.54, 1.807) is 30.0 Å². The van der Waals surface area contributed by atoms with E-state index >= 15 is 0 Å². The number of nitrogens with one attached hydrogen (secondary N) is 1. The molecular weight excluding hydrogens is 486 g/mol. The lowest BCUT2D eigenvalue weighted by molar-refractivity contribution is 0.102. The molecule has 0 aromatic heterocycles. The number of hydrogen-bond donors (Lipinski definition) is 1. The maximum Gasteiger partial charge on any atom is 0.255 e. The van der Waals surface area contributed by atoms with E-state index in [-0.39, 0.29) is 5.69 Å². The van der Waals surface area contributed by atoms with Crippen LogP contribution in [0.3, 0.4) is 0 Å². The minimum atomic E-state index is -1.57. The van der Waals surface area contributed by atoms with Crippen molar-refractivity contribution in [3.8, 4) is 0 Å². The summed E-state index contributed by atoms with van der Waals surface area (Å²) in [6, 6.07) is 16.6. The second-order valence-electron chi connectivity index (χ2n) is 5.63. The minimum Gasteiger partial charge on any atom is -0.322 e. The van der Waals surface area contributed by atoms with E-state index in [0.29, 0.717) is 5.56 Å². The second-order valence-corrected chi connectivity index (χ2v) is 7.81. The lowest BCUT2D eigenvalue weighted by Crippen LogP contribution is -2.13. The summed E-state index contributed by atoms with van der Waals surface area (Å²) in [7, 11) is 0. The van der Waals surface area contributed by atoms with Crippen LogP contribution in [-0.4, -0.2) is 5.91 Å². The maximum absolute atomic E-state index is 13.3. The van der Waals surface area contributed by atoms with Gasteiger partial charge in [0.05, 0.1) is 0 Å². The third-order valence-corrected chi connectivity index (χ3v) is 6.11. The molecule has 0 saturated carbocycles. The first-order valence-electron chi connectivity index (χ1n) is 7.86. The summed E-state index contributed by atoms with van der Waals surface area (Å²) in [4.78, 5) is 13.3. The molecule has 3 aromatic carbocycles. The van der Waals surface area contributed by atoms with Crippen LogP contribution in [0, 0.1) is 21.0 Å². The number of amides is 1. The van der Waals surface area contributed by atoms with Gasteiger partial charge in [0, 0.05) is 37.6 Å². The average Bonchev–Trinajstić information content (AvgIpc) is 2.66. The van der Waals surface area contributed by atoms with E-state index in [2.05, 4.69) is 27.9 Å². The molecule has 27 heavy (non-hydrogen) atoms. The molecule has 0 atom stereocenters. The molecule has 1 N–H and O–H groups in total. The van der Waals surface area contributed by atoms with Crippen molar-refractivity contribution in [2.45, 2.75) is 10.6 Å². The van der Waals surface area contributed by atoms with Gasteiger partial charge >= 0.3 is 0 Å². The van der Waals surface area contributed by atoms with Crippen LogP contribution in [0.1, 0.15) is 15.9 Å². The Bertz CT molecular complexity index is 959. The molecule has 0 unspecified atom stereocenters. The monoisotopic (exact) mass is 499 g/mol. The fourth-order valence-corrected chi connectivity index (χ4v) is 4.05. The molecule has 0 heterocycles. The zero-order chi connectivity index (χ0) is 19.4. The maximum atomic E-state index is 13.3. The van der Waals surface area contributed by atoms with Gasteiger partial charge < -0.3 is 5.32 Å². The Morgan fingerprint density at radius 1 is 0.963 bits per heavy atom. The molecule has 0 radical (unpaired) electrons. The zero-order valence-corrected chi connectivity index (χ0v) is 16.8. The largest absolute Gasteiger partial charge is 0.322 e. The van der Waals surface area contributed by atoms with E-state index in [4.69, 9.17) is 0 Å². The van der Waals surface area contributed by atoms with Crippen LogP contribution in [-0.2, 0) is 5.75 Å². The van der Waals surface area contributed by atoms with Crippen LogP contribution in [0.2, 0.25) is 0 Å². The summed E-state index contributed by atoms with van der Waals surface area (Å²) >= 11 is 3.77. The van der Waals surface area contributed by atoms with Gasteiger partial charge in [0.2, 0.25) is 0 Å². The van der Waals surface area contributed by atoms with Gasteiger partial charge in [-0.1, -0.05) is 30.3 Å². The van der Waals surface area contributed by atoms with Crippen molar-refractivity contribution in [2.75, 3.05) is 5.32 Å². The van der Waals surface area contributed by atoms with Crippen molar-refractivity contribution >= 4 is 45.9 Å². The van der Waals surface area contributed by atoms with Crippen LogP contribution >= 0.6 is 34.4 Å². The van der Waals surface area contributed by atoms with E-state index in [9.17, 15) is 18.0 Å². The number of halogens is 4. The molecule has 0 saturated heterocycles. The Morgan fingerprint density at radius 3 is 2.30 bits per heavy atom. The standard InChI is InChI=1S/C20H13F3INOS/c21-15-9-14(10-16(22)19(15)23)25-20(26)13-6-7-17(24)18(8-13)27-11-12-4-2-1-3-5-12/h1-10H,11H2,(H,25,26). The molecule has 0 aliphatic heterocycles. The number of carbonyl (C=O) groups is 1. The SMILES string of the molecule is O=C(Nc1cc(F)c(F)c(F)c1)c1ccc(I)c(SCc2ccccc2)c1. The number of rotatable bonds is 5. The molecule has 3 aromatic rings. The van der Waals surface area contributed by atoms with Gasteiger partial charge in [0.1, 0.15) is 0 Å². The molecule has 0 aliphatic carbocycles. The number of thioether (sulfide) groups is 1. The molecule has 0 bridgehead atoms. The van der Waals surface area contributed by atoms with Crippen molar-refractivity contribution in [3.05, 3.63) is 92.8 Å². The molecule has 7 heteroatoms. The summed E-state index contributed by atoms with van der Waals surface area (Å²) in [5, 5.41) is 2.39. The lowest BCUT2D eigenvalue weighted by atomic mass is 10.2. The van der Waals surface area contributed by atoms with Crippen LogP contribution in [0.5, 0.6) is 0 Å². The van der Waals surface area contributed by atoms with Crippen molar-refractivity contribution in [3.63, 3.8) is 0 Å². The summed E-state index contributed by atoms with van der Waals surface area (Å²) in [5.74, 6) is -4.06. The number of benzene rings is 3. The first-order chi connectivity index (χ1) is 12.9. The van der Waals surface area contributed by atoms with Crippen LogP contribution in [0.4, 0.5) is 18.9 Å². The average molecular weight is 499 g/mol. The van der Waals surface area contributed by atoms with Gasteiger partial charge in [-0.25, -0.2) is 13.2 Å². The Hall–Kier alpha value is -2.00. The highest BCUT2D eigenvalue weighted by atomic mass is 127. The first kappa shape index (κ1) is 19.8. The van der Waals surface area contributed by atoms with E-state index in [0.717, 1.165) is 31.9 Å². The molecule has 3 rings (SSSR count). The summed E-state index contributed by atoms with van der Waals surface area (Å²) in [6.07, 6.45) is 0. The molecule has 0 fully saturated rings. The van der Waals surface area contributed by atoms with Crippen molar-refractivity contribution in [1.82, 2.24) is 0 Å². The van der Waals surface area contributed by atoms with Gasteiger partial charge in [0.25, 0.3) is 5.91 Å². The Labute approximate surface area is 172 Å². The minimum absolute atomic E-state index is 0.145. The number of hydrogen-bond acceptors (Lipinski definition) is 2. The van der Waals surface area contributed by atoms with E-state index in [1.807, 2.05) is 30.3 Å². The number of anilines is 1. The van der Waals surface area contributed by atoms with Gasteiger partial charge in [-0.15, -0.1) is 11.8 Å². The summed E-state index contributed by atoms with van der Waals surface area (Å²) in [5.41, 5.74) is 1.36. The molecule has 1 amide bonds. The Morgan fingerprint density at radius 2 is 1.63 bits per heavy atom. The third-order valence-electron chi connectivity index (χ3n) is 3.67. The van der Waals surface area contributed by atoms with E-state index < -0.39 is 23.4 Å². The molecule has 0 aliphatic rings. The fraction of sp³-hybridized carbons (Fsp3) is 0.0500. The van der Waals surface area contributed by atoms with Crippen LogP contribution in [0.25, 0.3) is 0 Å². The fourth-order valence-electron chi connectivity index (χ4n) is 2.32. The molecule has 2 nitrogen and oxygen atoms in total.